The van der Waals surface area contributed by atoms with E-state index < -0.39 is 47.9 Å². The Balaban J connectivity index is 2.37. The molecule has 0 aliphatic rings. The maximum Gasteiger partial charge on any atom is 0.326 e. The minimum atomic E-state index is -1.14. The van der Waals surface area contributed by atoms with Crippen molar-refractivity contribution in [3.63, 3.8) is 0 Å². The van der Waals surface area contributed by atoms with Gasteiger partial charge in [0, 0.05) is 23.5 Å². The van der Waals surface area contributed by atoms with Crippen LogP contribution in [0.15, 0.2) is 30.5 Å². The van der Waals surface area contributed by atoms with Gasteiger partial charge in [-0.2, -0.15) is 0 Å². The maximum absolute atomic E-state index is 13.5. The number of carboxylic acids is 1. The van der Waals surface area contributed by atoms with Crippen LogP contribution in [-0.2, 0) is 25.6 Å². The van der Waals surface area contributed by atoms with Crippen LogP contribution in [0, 0.1) is 17.8 Å². The molecule has 3 amide bonds. The molecular formula is C28H43N5O5. The topological polar surface area (TPSA) is 166 Å². The number of aromatic nitrogens is 1. The lowest BCUT2D eigenvalue weighted by Gasteiger charge is -2.29. The van der Waals surface area contributed by atoms with Crippen molar-refractivity contribution in [3.8, 4) is 0 Å². The first-order valence-corrected chi connectivity index (χ1v) is 13.4. The number of nitrogens with two attached hydrogens (primary N) is 1. The third-order valence-corrected chi connectivity index (χ3v) is 7.32. The molecule has 1 aromatic heterocycles. The van der Waals surface area contributed by atoms with Gasteiger partial charge in [-0.15, -0.1) is 0 Å². The zero-order chi connectivity index (χ0) is 28.6. The molecule has 38 heavy (non-hydrogen) atoms. The molecule has 0 aliphatic carbocycles. The Labute approximate surface area is 224 Å². The number of para-hydroxylation sites is 1. The number of hydrogen-bond acceptors (Lipinski definition) is 5. The Morgan fingerprint density at radius 1 is 0.868 bits per heavy atom. The number of carbonyl (C=O) groups is 4. The van der Waals surface area contributed by atoms with E-state index in [-0.39, 0.29) is 24.2 Å². The van der Waals surface area contributed by atoms with E-state index in [1.54, 1.807) is 13.1 Å². The van der Waals surface area contributed by atoms with Gasteiger partial charge in [-0.25, -0.2) is 4.79 Å². The number of fused-ring (bicyclic) bond motifs is 1. The number of carbonyl (C=O) groups excluding carboxylic acids is 3. The molecule has 6 unspecified atom stereocenters. The normalized spacial score (nSPS) is 16.2. The molecule has 6 atom stereocenters. The zero-order valence-electron chi connectivity index (χ0n) is 23.2. The van der Waals surface area contributed by atoms with E-state index in [1.165, 1.54) is 0 Å². The average Bonchev–Trinajstić information content (AvgIpc) is 3.30. The van der Waals surface area contributed by atoms with Crippen LogP contribution in [0.4, 0.5) is 0 Å². The fourth-order valence-electron chi connectivity index (χ4n) is 4.18. The molecule has 0 fully saturated rings. The Morgan fingerprint density at radius 2 is 1.45 bits per heavy atom. The second-order valence-electron chi connectivity index (χ2n) is 10.5. The number of nitrogens with one attached hydrogen (secondary N) is 4. The van der Waals surface area contributed by atoms with Crippen LogP contribution < -0.4 is 21.7 Å². The molecule has 2 rings (SSSR count). The quantitative estimate of drug-likeness (QED) is 0.220. The average molecular weight is 530 g/mol. The fourth-order valence-corrected chi connectivity index (χ4v) is 4.18. The number of aliphatic carboxylic acids is 1. The summed E-state index contributed by atoms with van der Waals surface area (Å²) in [7, 11) is 0. The third-order valence-electron chi connectivity index (χ3n) is 7.32. The minimum Gasteiger partial charge on any atom is -0.480 e. The highest BCUT2D eigenvalue weighted by molar-refractivity contribution is 5.95. The highest BCUT2D eigenvalue weighted by Crippen LogP contribution is 2.20. The van der Waals surface area contributed by atoms with Crippen LogP contribution in [0.25, 0.3) is 10.9 Å². The van der Waals surface area contributed by atoms with Crippen molar-refractivity contribution in [1.29, 1.82) is 0 Å². The van der Waals surface area contributed by atoms with E-state index >= 15 is 0 Å². The van der Waals surface area contributed by atoms with Gasteiger partial charge in [-0.1, -0.05) is 72.6 Å². The summed E-state index contributed by atoms with van der Waals surface area (Å²) in [6, 6.07) is 3.70. The summed E-state index contributed by atoms with van der Waals surface area (Å²) in [6.45, 7) is 11.0. The molecule has 1 heterocycles. The Morgan fingerprint density at radius 3 is 2.03 bits per heavy atom. The van der Waals surface area contributed by atoms with Gasteiger partial charge in [-0.3, -0.25) is 14.4 Å². The summed E-state index contributed by atoms with van der Waals surface area (Å²) >= 11 is 0. The SMILES string of the molecule is CCC(C)C(NC(=O)C(Cc1c[nH]c2ccccc12)NC(=O)C(NC(=O)C(N)C(C)C)C(C)CC)C(=O)O. The summed E-state index contributed by atoms with van der Waals surface area (Å²) in [5.74, 6) is -3.39. The first kappa shape index (κ1) is 30.8. The van der Waals surface area contributed by atoms with E-state index in [9.17, 15) is 24.3 Å². The predicted molar refractivity (Wildman–Crippen MR) is 147 cm³/mol. The predicted octanol–water partition coefficient (Wildman–Crippen LogP) is 2.32. The summed E-state index contributed by atoms with van der Waals surface area (Å²) < 4.78 is 0. The van der Waals surface area contributed by atoms with Crippen molar-refractivity contribution in [3.05, 3.63) is 36.0 Å². The van der Waals surface area contributed by atoms with Gasteiger partial charge in [0.1, 0.15) is 18.1 Å². The van der Waals surface area contributed by atoms with Crippen molar-refractivity contribution in [1.82, 2.24) is 20.9 Å². The summed E-state index contributed by atoms with van der Waals surface area (Å²) in [6.07, 6.45) is 3.05. The lowest BCUT2D eigenvalue weighted by atomic mass is 9.95. The van der Waals surface area contributed by atoms with Crippen molar-refractivity contribution >= 4 is 34.6 Å². The molecule has 10 heteroatoms. The molecule has 0 bridgehead atoms. The highest BCUT2D eigenvalue weighted by atomic mass is 16.4. The first-order valence-electron chi connectivity index (χ1n) is 13.4. The molecule has 210 valence electrons. The Kier molecular flexibility index (Phi) is 11.3. The van der Waals surface area contributed by atoms with E-state index in [2.05, 4.69) is 20.9 Å². The first-order chi connectivity index (χ1) is 17.9. The number of aromatic amines is 1. The lowest BCUT2D eigenvalue weighted by Crippen LogP contribution is -2.59. The minimum absolute atomic E-state index is 0.121. The number of amides is 3. The van der Waals surface area contributed by atoms with Gasteiger partial charge < -0.3 is 31.8 Å². The standard InChI is InChI=1S/C28H43N5O5/c1-7-16(5)23(32-26(35)22(29)15(3)4)27(36)31-21(25(34)33-24(28(37)38)17(6)8-2)13-18-14-30-20-12-10-9-11-19(18)20/h9-12,14-17,21-24,30H,7-8,13,29H2,1-6H3,(H,31,36)(H,32,35)(H,33,34)(H,37,38). The molecule has 0 radical (unpaired) electrons. The molecule has 1 aromatic carbocycles. The van der Waals surface area contributed by atoms with E-state index in [1.807, 2.05) is 58.9 Å². The third kappa shape index (κ3) is 7.80. The van der Waals surface area contributed by atoms with Gasteiger partial charge in [-0.05, 0) is 29.4 Å². The number of benzene rings is 1. The monoisotopic (exact) mass is 529 g/mol. The summed E-state index contributed by atoms with van der Waals surface area (Å²) in [4.78, 5) is 54.7. The van der Waals surface area contributed by atoms with Crippen molar-refractivity contribution in [2.75, 3.05) is 0 Å². The highest BCUT2D eigenvalue weighted by Gasteiger charge is 2.34. The van der Waals surface area contributed by atoms with Gasteiger partial charge in [0.05, 0.1) is 6.04 Å². The van der Waals surface area contributed by atoms with Crippen LogP contribution in [0.1, 0.15) is 59.9 Å². The van der Waals surface area contributed by atoms with Gasteiger partial charge in [0.15, 0.2) is 0 Å². The molecule has 0 spiro atoms. The number of H-pyrrole nitrogens is 1. The number of hydrogen-bond donors (Lipinski definition) is 6. The van der Waals surface area contributed by atoms with Crippen LogP contribution in [0.2, 0.25) is 0 Å². The van der Waals surface area contributed by atoms with Gasteiger partial charge in [0.25, 0.3) is 0 Å². The number of rotatable bonds is 14. The zero-order valence-corrected chi connectivity index (χ0v) is 23.2. The van der Waals surface area contributed by atoms with Crippen LogP contribution in [0.5, 0.6) is 0 Å². The summed E-state index contributed by atoms with van der Waals surface area (Å²) in [5, 5.41) is 18.8. The van der Waals surface area contributed by atoms with Crippen LogP contribution >= 0.6 is 0 Å². The molecule has 7 N–H and O–H groups in total. The lowest BCUT2D eigenvalue weighted by molar-refractivity contribution is -0.144. The van der Waals surface area contributed by atoms with Crippen molar-refractivity contribution in [2.45, 2.75) is 85.0 Å². The Hall–Kier alpha value is -3.40. The van der Waals surface area contributed by atoms with E-state index in [0.29, 0.717) is 12.8 Å². The molecule has 0 saturated carbocycles. The fraction of sp³-hybridized carbons (Fsp3) is 0.571. The second kappa shape index (κ2) is 13.9. The molecule has 0 saturated heterocycles. The number of carboxylic acid groups (broad SMARTS) is 1. The van der Waals surface area contributed by atoms with E-state index in [0.717, 1.165) is 16.5 Å². The maximum atomic E-state index is 13.5. The molecular weight excluding hydrogens is 486 g/mol. The smallest absolute Gasteiger partial charge is 0.326 e. The van der Waals surface area contributed by atoms with Crippen molar-refractivity contribution in [2.24, 2.45) is 23.5 Å². The van der Waals surface area contributed by atoms with Gasteiger partial charge >= 0.3 is 5.97 Å². The van der Waals surface area contributed by atoms with Gasteiger partial charge in [0.2, 0.25) is 17.7 Å². The summed E-state index contributed by atoms with van der Waals surface area (Å²) in [5.41, 5.74) is 7.67. The molecule has 0 aliphatic heterocycles. The molecule has 2 aromatic rings. The van der Waals surface area contributed by atoms with E-state index in [4.69, 9.17) is 5.73 Å². The Bertz CT molecular complexity index is 1110. The largest absolute Gasteiger partial charge is 0.480 e. The van der Waals surface area contributed by atoms with Crippen molar-refractivity contribution < 1.29 is 24.3 Å². The van der Waals surface area contributed by atoms with Crippen LogP contribution in [-0.4, -0.2) is 57.9 Å². The van der Waals surface area contributed by atoms with Crippen LogP contribution in [0.3, 0.4) is 0 Å². The second-order valence-corrected chi connectivity index (χ2v) is 10.5. The molecule has 10 nitrogen and oxygen atoms in total.